The predicted octanol–water partition coefficient (Wildman–Crippen LogP) is 4.56. The average molecular weight is 467 g/mol. The van der Waals surface area contributed by atoms with Crippen LogP contribution in [-0.2, 0) is 14.3 Å². The molecular formula is C27H34N2O5. The highest BCUT2D eigenvalue weighted by Crippen LogP contribution is 2.44. The predicted molar refractivity (Wildman–Crippen MR) is 130 cm³/mol. The first-order chi connectivity index (χ1) is 16.2. The van der Waals surface area contributed by atoms with Crippen molar-refractivity contribution in [3.63, 3.8) is 0 Å². The summed E-state index contributed by atoms with van der Waals surface area (Å²) >= 11 is 0. The van der Waals surface area contributed by atoms with E-state index in [0.29, 0.717) is 6.42 Å². The first-order valence-electron chi connectivity index (χ1n) is 11.8. The van der Waals surface area contributed by atoms with E-state index >= 15 is 0 Å². The van der Waals surface area contributed by atoms with E-state index in [4.69, 9.17) is 9.84 Å². The Bertz CT molecular complexity index is 1010. The third-order valence-corrected chi connectivity index (χ3v) is 6.83. The van der Waals surface area contributed by atoms with E-state index in [0.717, 1.165) is 22.3 Å². The molecule has 0 saturated carbocycles. The van der Waals surface area contributed by atoms with Gasteiger partial charge in [0.15, 0.2) is 0 Å². The second-order valence-corrected chi connectivity index (χ2v) is 9.45. The van der Waals surface area contributed by atoms with Crippen LogP contribution in [0.1, 0.15) is 57.6 Å². The maximum Gasteiger partial charge on any atom is 0.408 e. The number of nitrogens with one attached hydrogen (secondary N) is 2. The minimum absolute atomic E-state index is 0.0272. The zero-order chi connectivity index (χ0) is 24.9. The Kier molecular flexibility index (Phi) is 7.97. The van der Waals surface area contributed by atoms with E-state index in [1.165, 1.54) is 0 Å². The maximum atomic E-state index is 12.9. The third kappa shape index (κ3) is 5.58. The van der Waals surface area contributed by atoms with Gasteiger partial charge in [0.25, 0.3) is 0 Å². The molecule has 0 aromatic heterocycles. The highest BCUT2D eigenvalue weighted by Gasteiger charge is 2.35. The molecule has 2 unspecified atom stereocenters. The molecule has 0 radical (unpaired) electrons. The van der Waals surface area contributed by atoms with E-state index in [1.54, 1.807) is 13.8 Å². The number of hydrogen-bond acceptors (Lipinski definition) is 4. The van der Waals surface area contributed by atoms with Crippen molar-refractivity contribution in [2.24, 2.45) is 11.8 Å². The van der Waals surface area contributed by atoms with Crippen molar-refractivity contribution >= 4 is 18.0 Å². The highest BCUT2D eigenvalue weighted by molar-refractivity contribution is 5.89. The van der Waals surface area contributed by atoms with Crippen molar-refractivity contribution in [1.29, 1.82) is 0 Å². The smallest absolute Gasteiger partial charge is 0.408 e. The van der Waals surface area contributed by atoms with Crippen molar-refractivity contribution in [1.82, 2.24) is 10.6 Å². The van der Waals surface area contributed by atoms with Crippen LogP contribution in [0.3, 0.4) is 0 Å². The molecule has 182 valence electrons. The lowest BCUT2D eigenvalue weighted by atomic mass is 9.91. The van der Waals surface area contributed by atoms with Gasteiger partial charge in [-0.1, -0.05) is 69.3 Å². The van der Waals surface area contributed by atoms with Gasteiger partial charge in [0, 0.05) is 12.5 Å². The molecule has 0 spiro atoms. The van der Waals surface area contributed by atoms with Gasteiger partial charge in [0.2, 0.25) is 5.91 Å². The molecule has 2 atom stereocenters. The van der Waals surface area contributed by atoms with Crippen molar-refractivity contribution in [2.45, 2.75) is 52.0 Å². The second-order valence-electron chi connectivity index (χ2n) is 9.45. The molecule has 3 N–H and O–H groups in total. The Balaban J connectivity index is 1.62. The molecule has 3 rings (SSSR count). The van der Waals surface area contributed by atoms with E-state index < -0.39 is 17.6 Å². The molecule has 7 heteroatoms. The Hall–Kier alpha value is -3.35. The summed E-state index contributed by atoms with van der Waals surface area (Å²) in [5.74, 6) is -1.43. The minimum atomic E-state index is -1.17. The zero-order valence-corrected chi connectivity index (χ0v) is 20.3. The fourth-order valence-electron chi connectivity index (χ4n) is 4.35. The van der Waals surface area contributed by atoms with Crippen LogP contribution in [-0.4, -0.2) is 41.8 Å². The molecular weight excluding hydrogens is 432 g/mol. The van der Waals surface area contributed by atoms with Crippen LogP contribution in [0.15, 0.2) is 48.5 Å². The zero-order valence-electron chi connectivity index (χ0n) is 20.3. The largest absolute Gasteiger partial charge is 0.481 e. The van der Waals surface area contributed by atoms with Gasteiger partial charge in [-0.15, -0.1) is 0 Å². The Morgan fingerprint density at radius 1 is 1.03 bits per heavy atom. The lowest BCUT2D eigenvalue weighted by Crippen LogP contribution is -2.57. The van der Waals surface area contributed by atoms with Gasteiger partial charge in [0.1, 0.15) is 12.1 Å². The SMILES string of the molecule is CCC(C)(NC(=O)OCC1c2ccccc2-c2ccccc21)C(=O)NCC(CC(=O)O)C(C)C. The summed E-state index contributed by atoms with van der Waals surface area (Å²) in [6.07, 6.45) is -0.332. The topological polar surface area (TPSA) is 105 Å². The van der Waals surface area contributed by atoms with Crippen molar-refractivity contribution < 1.29 is 24.2 Å². The molecule has 2 aromatic carbocycles. The summed E-state index contributed by atoms with van der Waals surface area (Å²) in [6.45, 7) is 7.69. The molecule has 0 bridgehead atoms. The summed E-state index contributed by atoms with van der Waals surface area (Å²) in [5.41, 5.74) is 3.35. The summed E-state index contributed by atoms with van der Waals surface area (Å²) in [6, 6.07) is 16.2. The first kappa shape index (κ1) is 25.3. The third-order valence-electron chi connectivity index (χ3n) is 6.83. The van der Waals surface area contributed by atoms with E-state index in [1.807, 2.05) is 50.2 Å². The molecule has 2 amide bonds. The van der Waals surface area contributed by atoms with Crippen molar-refractivity contribution in [3.8, 4) is 11.1 Å². The normalized spacial score (nSPS) is 15.1. The van der Waals surface area contributed by atoms with E-state index in [9.17, 15) is 14.4 Å². The van der Waals surface area contributed by atoms with Gasteiger partial charge in [-0.05, 0) is 47.4 Å². The number of carboxylic acid groups (broad SMARTS) is 1. The molecule has 1 aliphatic carbocycles. The fraction of sp³-hybridized carbons (Fsp3) is 0.444. The van der Waals surface area contributed by atoms with Crippen LogP contribution in [0.25, 0.3) is 11.1 Å². The van der Waals surface area contributed by atoms with Gasteiger partial charge < -0.3 is 20.5 Å². The average Bonchev–Trinajstić information content (AvgIpc) is 3.13. The second kappa shape index (κ2) is 10.7. The molecule has 0 fully saturated rings. The number of carboxylic acids is 1. The molecule has 0 aliphatic heterocycles. The maximum absolute atomic E-state index is 12.9. The molecule has 34 heavy (non-hydrogen) atoms. The van der Waals surface area contributed by atoms with Gasteiger partial charge in [-0.25, -0.2) is 4.79 Å². The number of ether oxygens (including phenoxy) is 1. The highest BCUT2D eigenvalue weighted by atomic mass is 16.5. The Labute approximate surface area is 200 Å². The number of fused-ring (bicyclic) bond motifs is 3. The fourth-order valence-corrected chi connectivity index (χ4v) is 4.35. The minimum Gasteiger partial charge on any atom is -0.481 e. The van der Waals surface area contributed by atoms with Crippen LogP contribution in [0.5, 0.6) is 0 Å². The number of alkyl carbamates (subject to hydrolysis) is 1. The van der Waals surface area contributed by atoms with Crippen LogP contribution in [0.2, 0.25) is 0 Å². The number of hydrogen-bond donors (Lipinski definition) is 3. The molecule has 0 saturated heterocycles. The van der Waals surface area contributed by atoms with Gasteiger partial charge >= 0.3 is 12.1 Å². The Morgan fingerprint density at radius 2 is 1.59 bits per heavy atom. The lowest BCUT2D eigenvalue weighted by Gasteiger charge is -2.29. The van der Waals surface area contributed by atoms with E-state index in [2.05, 4.69) is 22.8 Å². The van der Waals surface area contributed by atoms with Crippen molar-refractivity contribution in [3.05, 3.63) is 59.7 Å². The summed E-state index contributed by atoms with van der Waals surface area (Å²) in [4.78, 5) is 36.7. The number of aliphatic carboxylic acids is 1. The lowest BCUT2D eigenvalue weighted by molar-refractivity contribution is -0.139. The number of carbonyl (C=O) groups is 3. The van der Waals surface area contributed by atoms with Gasteiger partial charge in [0.05, 0.1) is 6.42 Å². The molecule has 7 nitrogen and oxygen atoms in total. The number of carbonyl (C=O) groups excluding carboxylic acids is 2. The summed E-state index contributed by atoms with van der Waals surface area (Å²) in [7, 11) is 0. The van der Waals surface area contributed by atoms with Crippen molar-refractivity contribution in [2.75, 3.05) is 13.2 Å². The molecule has 2 aromatic rings. The quantitative estimate of drug-likeness (QED) is 0.476. The standard InChI is InChI=1S/C27H34N2O5/c1-5-27(4,25(32)28-15-18(17(2)3)14-24(30)31)29-26(33)34-16-23-21-12-8-6-10-19(21)20-11-7-9-13-22(20)23/h6-13,17-18,23H,5,14-16H2,1-4H3,(H,28,32)(H,29,33)(H,30,31). The van der Waals surface area contributed by atoms with E-state index in [-0.39, 0.29) is 43.2 Å². The van der Waals surface area contributed by atoms with Gasteiger partial charge in [-0.3, -0.25) is 9.59 Å². The summed E-state index contributed by atoms with van der Waals surface area (Å²) in [5, 5.41) is 14.6. The van der Waals surface area contributed by atoms with Crippen LogP contribution in [0, 0.1) is 11.8 Å². The summed E-state index contributed by atoms with van der Waals surface area (Å²) < 4.78 is 5.60. The Morgan fingerprint density at radius 3 is 2.09 bits per heavy atom. The number of amides is 2. The van der Waals surface area contributed by atoms with Crippen LogP contribution < -0.4 is 10.6 Å². The molecule has 1 aliphatic rings. The number of rotatable bonds is 10. The van der Waals surface area contributed by atoms with Gasteiger partial charge in [-0.2, -0.15) is 0 Å². The number of benzene rings is 2. The van der Waals surface area contributed by atoms with Crippen LogP contribution in [0.4, 0.5) is 4.79 Å². The monoisotopic (exact) mass is 466 g/mol. The molecule has 0 heterocycles. The van der Waals surface area contributed by atoms with Crippen LogP contribution >= 0.6 is 0 Å². The first-order valence-corrected chi connectivity index (χ1v) is 11.8.